The monoisotopic (exact) mass is 270 g/mol. The minimum Gasteiger partial charge on any atom is -0.469 e. The maximum atomic E-state index is 10.9. The Kier molecular flexibility index (Phi) is 5.40. The van der Waals surface area contributed by atoms with Gasteiger partial charge in [0.25, 0.3) is 0 Å². The Balaban J connectivity index is 2.45. The summed E-state index contributed by atoms with van der Waals surface area (Å²) in [5.74, 6) is -0.153. The van der Waals surface area contributed by atoms with Crippen LogP contribution < -0.4 is 0 Å². The molecular weight excluding hydrogens is 256 g/mol. The molecule has 0 radical (unpaired) electrons. The number of alkyl halides is 1. The molecule has 0 heterocycles. The Hall–Kier alpha value is -0.830. The molecule has 0 fully saturated rings. The summed E-state index contributed by atoms with van der Waals surface area (Å²) in [5.41, 5.74) is 2.49. The number of hydrogen-bond donors (Lipinski definition) is 0. The average molecular weight is 271 g/mol. The molecule has 0 atom stereocenters. The Morgan fingerprint density at radius 2 is 1.73 bits per heavy atom. The van der Waals surface area contributed by atoms with Gasteiger partial charge in [-0.1, -0.05) is 40.2 Å². The number of carbonyl (C=O) groups is 1. The third-order valence-corrected chi connectivity index (χ3v) is 2.65. The van der Waals surface area contributed by atoms with Gasteiger partial charge >= 0.3 is 5.97 Å². The molecule has 1 aromatic carbocycles. The molecule has 0 saturated carbocycles. The van der Waals surface area contributed by atoms with Crippen LogP contribution in [0.1, 0.15) is 17.5 Å². The summed E-state index contributed by atoms with van der Waals surface area (Å²) < 4.78 is 4.59. The smallest absolute Gasteiger partial charge is 0.305 e. The van der Waals surface area contributed by atoms with Gasteiger partial charge in [-0.15, -0.1) is 0 Å². The highest BCUT2D eigenvalue weighted by Crippen LogP contribution is 2.08. The van der Waals surface area contributed by atoms with Crippen LogP contribution in [-0.2, 0) is 22.4 Å². The van der Waals surface area contributed by atoms with Gasteiger partial charge in [0.1, 0.15) is 0 Å². The fourth-order valence-electron chi connectivity index (χ4n) is 1.33. The van der Waals surface area contributed by atoms with E-state index >= 15 is 0 Å². The van der Waals surface area contributed by atoms with Gasteiger partial charge in [0, 0.05) is 11.8 Å². The minimum atomic E-state index is -0.153. The van der Waals surface area contributed by atoms with Crippen LogP contribution in [0, 0.1) is 0 Å². The highest BCUT2D eigenvalue weighted by molar-refractivity contribution is 9.09. The third-order valence-electron chi connectivity index (χ3n) is 2.25. The van der Waals surface area contributed by atoms with Crippen molar-refractivity contribution < 1.29 is 9.53 Å². The number of methoxy groups -OCH3 is 1. The van der Waals surface area contributed by atoms with Gasteiger partial charge < -0.3 is 4.74 Å². The molecule has 0 amide bonds. The van der Waals surface area contributed by atoms with Crippen molar-refractivity contribution in [3.05, 3.63) is 35.4 Å². The molecule has 0 aliphatic rings. The van der Waals surface area contributed by atoms with Gasteiger partial charge in [-0.05, 0) is 24.0 Å². The molecule has 0 saturated heterocycles. The highest BCUT2D eigenvalue weighted by atomic mass is 79.9. The fraction of sp³-hybridized carbons (Fsp3) is 0.417. The number of carbonyl (C=O) groups excluding carboxylic acids is 1. The zero-order valence-corrected chi connectivity index (χ0v) is 10.4. The van der Waals surface area contributed by atoms with Gasteiger partial charge in [-0.2, -0.15) is 0 Å². The Morgan fingerprint density at radius 1 is 1.20 bits per heavy atom. The largest absolute Gasteiger partial charge is 0.469 e. The second kappa shape index (κ2) is 6.62. The molecule has 1 aromatic rings. The van der Waals surface area contributed by atoms with Crippen LogP contribution in [0.4, 0.5) is 0 Å². The molecule has 3 heteroatoms. The molecule has 0 N–H and O–H groups in total. The van der Waals surface area contributed by atoms with E-state index in [1.165, 1.54) is 18.2 Å². The lowest BCUT2D eigenvalue weighted by molar-refractivity contribution is -0.140. The summed E-state index contributed by atoms with van der Waals surface area (Å²) >= 11 is 3.40. The second-order valence-corrected chi connectivity index (χ2v) is 4.12. The molecule has 0 aliphatic carbocycles. The molecule has 1 rings (SSSR count). The zero-order chi connectivity index (χ0) is 11.1. The molecule has 0 spiro atoms. The Morgan fingerprint density at radius 3 is 2.20 bits per heavy atom. The van der Waals surface area contributed by atoms with Crippen LogP contribution in [0.15, 0.2) is 24.3 Å². The lowest BCUT2D eigenvalue weighted by atomic mass is 10.1. The van der Waals surface area contributed by atoms with E-state index in [0.717, 1.165) is 18.2 Å². The van der Waals surface area contributed by atoms with Gasteiger partial charge in [-0.3, -0.25) is 4.79 Å². The van der Waals surface area contributed by atoms with E-state index in [-0.39, 0.29) is 5.97 Å². The van der Waals surface area contributed by atoms with Crippen molar-refractivity contribution >= 4 is 21.9 Å². The fourth-order valence-corrected chi connectivity index (χ4v) is 1.79. The Labute approximate surface area is 98.8 Å². The number of ether oxygens (including phenoxy) is 1. The van der Waals surface area contributed by atoms with Crippen LogP contribution in [0.25, 0.3) is 0 Å². The maximum absolute atomic E-state index is 10.9. The third kappa shape index (κ3) is 4.47. The van der Waals surface area contributed by atoms with Gasteiger partial charge in [-0.25, -0.2) is 0 Å². The Bertz CT molecular complexity index is 306. The van der Waals surface area contributed by atoms with Crippen molar-refractivity contribution in [2.24, 2.45) is 0 Å². The van der Waals surface area contributed by atoms with Crippen LogP contribution in [-0.4, -0.2) is 18.4 Å². The van der Waals surface area contributed by atoms with Crippen LogP contribution in [0.2, 0.25) is 0 Å². The van der Waals surface area contributed by atoms with Gasteiger partial charge in [0.2, 0.25) is 0 Å². The standard InChI is InChI=1S/C12H15BrO2/c1-15-12(14)7-6-10-2-4-11(5-3-10)8-9-13/h2-5H,6-9H2,1H3. The van der Waals surface area contributed by atoms with Crippen molar-refractivity contribution in [1.29, 1.82) is 0 Å². The molecule has 0 unspecified atom stereocenters. The topological polar surface area (TPSA) is 26.3 Å². The number of benzene rings is 1. The van der Waals surface area contributed by atoms with Crippen molar-refractivity contribution in [3.8, 4) is 0 Å². The first-order valence-corrected chi connectivity index (χ1v) is 6.09. The molecule has 0 aliphatic heterocycles. The number of hydrogen-bond acceptors (Lipinski definition) is 2. The van der Waals surface area contributed by atoms with Crippen LogP contribution >= 0.6 is 15.9 Å². The first-order valence-electron chi connectivity index (χ1n) is 4.97. The predicted octanol–water partition coefficient (Wildman–Crippen LogP) is 2.73. The molecule has 0 aromatic heterocycles. The number of aryl methyl sites for hydroxylation is 2. The highest BCUT2D eigenvalue weighted by Gasteiger charge is 2.01. The average Bonchev–Trinajstić information content (AvgIpc) is 2.28. The summed E-state index contributed by atoms with van der Waals surface area (Å²) in [6.45, 7) is 0. The number of halogens is 1. The second-order valence-electron chi connectivity index (χ2n) is 3.33. The summed E-state index contributed by atoms with van der Waals surface area (Å²) in [6.07, 6.45) is 2.24. The van der Waals surface area contributed by atoms with E-state index < -0.39 is 0 Å². The van der Waals surface area contributed by atoms with Crippen LogP contribution in [0.5, 0.6) is 0 Å². The predicted molar refractivity (Wildman–Crippen MR) is 64.3 cm³/mol. The zero-order valence-electron chi connectivity index (χ0n) is 8.83. The SMILES string of the molecule is COC(=O)CCc1ccc(CCBr)cc1. The first kappa shape index (κ1) is 12.2. The van der Waals surface area contributed by atoms with E-state index in [2.05, 4.69) is 44.9 Å². The van der Waals surface area contributed by atoms with Crippen LogP contribution in [0.3, 0.4) is 0 Å². The lowest BCUT2D eigenvalue weighted by Gasteiger charge is -2.02. The normalized spacial score (nSPS) is 10.0. The number of esters is 1. The van der Waals surface area contributed by atoms with Crippen molar-refractivity contribution in [3.63, 3.8) is 0 Å². The van der Waals surface area contributed by atoms with E-state index in [1.54, 1.807) is 0 Å². The van der Waals surface area contributed by atoms with Crippen molar-refractivity contribution in [2.75, 3.05) is 12.4 Å². The van der Waals surface area contributed by atoms with E-state index in [0.29, 0.717) is 6.42 Å². The van der Waals surface area contributed by atoms with Crippen molar-refractivity contribution in [1.82, 2.24) is 0 Å². The van der Waals surface area contributed by atoms with E-state index in [1.807, 2.05) is 0 Å². The van der Waals surface area contributed by atoms with E-state index in [9.17, 15) is 4.79 Å². The molecule has 15 heavy (non-hydrogen) atoms. The van der Waals surface area contributed by atoms with Crippen molar-refractivity contribution in [2.45, 2.75) is 19.3 Å². The maximum Gasteiger partial charge on any atom is 0.305 e. The summed E-state index contributed by atoms with van der Waals surface area (Å²) in [6, 6.07) is 8.35. The summed E-state index contributed by atoms with van der Waals surface area (Å²) in [7, 11) is 1.42. The number of rotatable bonds is 5. The summed E-state index contributed by atoms with van der Waals surface area (Å²) in [5, 5.41) is 0.981. The molecule has 82 valence electrons. The lowest BCUT2D eigenvalue weighted by Crippen LogP contribution is -2.01. The molecular formula is C12H15BrO2. The first-order chi connectivity index (χ1) is 7.26. The summed E-state index contributed by atoms with van der Waals surface area (Å²) in [4.78, 5) is 10.9. The molecule has 2 nitrogen and oxygen atoms in total. The minimum absolute atomic E-state index is 0.153. The quantitative estimate of drug-likeness (QED) is 0.608. The molecule has 0 bridgehead atoms. The van der Waals surface area contributed by atoms with Gasteiger partial charge in [0.15, 0.2) is 0 Å². The van der Waals surface area contributed by atoms with E-state index in [4.69, 9.17) is 0 Å². The van der Waals surface area contributed by atoms with Gasteiger partial charge in [0.05, 0.1) is 7.11 Å².